The van der Waals surface area contributed by atoms with Crippen molar-refractivity contribution >= 4 is 36.5 Å². The van der Waals surface area contributed by atoms with Crippen LogP contribution in [0.2, 0.25) is 0 Å². The highest BCUT2D eigenvalue weighted by Gasteiger charge is 2.18. The highest BCUT2D eigenvalue weighted by Crippen LogP contribution is 2.35. The van der Waals surface area contributed by atoms with Crippen molar-refractivity contribution in [2.24, 2.45) is 0 Å². The molecule has 1 atom stereocenters. The van der Waals surface area contributed by atoms with Gasteiger partial charge in [0.2, 0.25) is 5.95 Å². The van der Waals surface area contributed by atoms with Crippen molar-refractivity contribution in [1.82, 2.24) is 19.5 Å². The van der Waals surface area contributed by atoms with E-state index in [2.05, 4.69) is 21.9 Å². The van der Waals surface area contributed by atoms with Crippen LogP contribution in [0.5, 0.6) is 5.75 Å². The molecular weight excluding hydrogens is 429 g/mol. The quantitative estimate of drug-likeness (QED) is 0.309. The van der Waals surface area contributed by atoms with Crippen molar-refractivity contribution in [1.29, 1.82) is 0 Å². The molecule has 3 rings (SSSR count). The highest BCUT2D eigenvalue weighted by atomic mass is 32.2. The van der Waals surface area contributed by atoms with Gasteiger partial charge in [0, 0.05) is 4.90 Å². The highest BCUT2D eigenvalue weighted by molar-refractivity contribution is 7.99. The Hall–Kier alpha value is -2.17. The molecule has 0 fully saturated rings. The lowest BCUT2D eigenvalue weighted by Gasteiger charge is -2.14. The summed E-state index contributed by atoms with van der Waals surface area (Å²) in [4.78, 5) is 31.9. The minimum absolute atomic E-state index is 0.110. The summed E-state index contributed by atoms with van der Waals surface area (Å²) in [6.07, 6.45) is 1.43. The summed E-state index contributed by atoms with van der Waals surface area (Å²) >= 11 is 1.41. The maximum Gasteiger partial charge on any atom is 0.350 e. The molecule has 1 unspecified atom stereocenters. The fourth-order valence-corrected chi connectivity index (χ4v) is 3.95. The van der Waals surface area contributed by atoms with Crippen molar-refractivity contribution in [3.8, 4) is 5.75 Å². The molecule has 0 spiro atoms. The van der Waals surface area contributed by atoms with Gasteiger partial charge in [-0.05, 0) is 37.6 Å². The van der Waals surface area contributed by atoms with Gasteiger partial charge in [-0.2, -0.15) is 4.98 Å². The number of nitrogens with two attached hydrogens (primary N) is 1. The Bertz CT molecular complexity index is 1040. The van der Waals surface area contributed by atoms with Gasteiger partial charge in [0.25, 0.3) is 0 Å². The number of ether oxygens (including phenoxy) is 2. The summed E-state index contributed by atoms with van der Waals surface area (Å²) in [5, 5.41) is 0.613. The van der Waals surface area contributed by atoms with E-state index in [1.54, 1.807) is 17.8 Å². The predicted octanol–water partition coefficient (Wildman–Crippen LogP) is 2.89. The van der Waals surface area contributed by atoms with E-state index in [1.165, 1.54) is 11.8 Å². The Labute approximate surface area is 178 Å². The Morgan fingerprint density at radius 2 is 2.00 bits per heavy atom. The van der Waals surface area contributed by atoms with Gasteiger partial charge in [-0.15, -0.1) is 0 Å². The summed E-state index contributed by atoms with van der Waals surface area (Å²) in [6.45, 7) is 4.74. The average Bonchev–Trinajstić information content (AvgIpc) is 3.08. The first-order valence-corrected chi connectivity index (χ1v) is 11.9. The molecule has 0 aliphatic carbocycles. The SMILES string of the molecule is CCCOc1ccc(Sc2nc(N)nc3c2ncn3CC(C)OCP(=O)(O)O)cc1. The standard InChI is InChI=1S/C18H24N5O5PS/c1-3-8-27-13-4-6-14(7-5-13)30-17-15-16(21-18(19)22-17)23(10-20-15)9-12(2)28-11-29(24,25)26/h4-7,10,12H,3,8-9,11H2,1-2H3,(H2,19,21,22)(H2,24,25,26). The number of aromatic nitrogens is 4. The van der Waals surface area contributed by atoms with Crippen LogP contribution in [0.1, 0.15) is 20.3 Å². The van der Waals surface area contributed by atoms with Crippen LogP contribution in [0.15, 0.2) is 40.5 Å². The normalized spacial score (nSPS) is 12.9. The third-order valence-electron chi connectivity index (χ3n) is 3.94. The summed E-state index contributed by atoms with van der Waals surface area (Å²) in [7, 11) is -4.23. The molecule has 0 saturated carbocycles. The fourth-order valence-electron chi connectivity index (χ4n) is 2.63. The minimum atomic E-state index is -4.23. The van der Waals surface area contributed by atoms with Gasteiger partial charge in [-0.3, -0.25) is 4.57 Å². The van der Waals surface area contributed by atoms with Crippen molar-refractivity contribution in [3.05, 3.63) is 30.6 Å². The maximum atomic E-state index is 11.0. The molecule has 10 nitrogen and oxygen atoms in total. The van der Waals surface area contributed by atoms with Crippen molar-refractivity contribution in [3.63, 3.8) is 0 Å². The first-order valence-electron chi connectivity index (χ1n) is 9.30. The molecule has 162 valence electrons. The van der Waals surface area contributed by atoms with E-state index >= 15 is 0 Å². The van der Waals surface area contributed by atoms with Gasteiger partial charge in [0.1, 0.15) is 22.6 Å². The number of rotatable bonds is 10. The number of benzene rings is 1. The third kappa shape index (κ3) is 6.16. The molecule has 0 saturated heterocycles. The first kappa shape index (κ1) is 22.5. The molecule has 0 bridgehead atoms. The maximum absolute atomic E-state index is 11.0. The van der Waals surface area contributed by atoms with Crippen LogP contribution in [-0.4, -0.2) is 48.4 Å². The van der Waals surface area contributed by atoms with Crippen LogP contribution in [0.4, 0.5) is 5.95 Å². The predicted molar refractivity (Wildman–Crippen MR) is 114 cm³/mol. The number of hydrogen-bond donors (Lipinski definition) is 3. The van der Waals surface area contributed by atoms with Crippen molar-refractivity contribution in [2.75, 3.05) is 18.7 Å². The van der Waals surface area contributed by atoms with Gasteiger partial charge in [0.05, 0.1) is 25.6 Å². The molecule has 30 heavy (non-hydrogen) atoms. The van der Waals surface area contributed by atoms with E-state index in [4.69, 9.17) is 25.0 Å². The van der Waals surface area contributed by atoms with Gasteiger partial charge in [-0.25, -0.2) is 9.97 Å². The summed E-state index contributed by atoms with van der Waals surface area (Å²) in [5.41, 5.74) is 7.01. The molecule has 2 aromatic heterocycles. The second-order valence-corrected chi connectivity index (χ2v) is 9.30. The van der Waals surface area contributed by atoms with Crippen LogP contribution in [0.3, 0.4) is 0 Å². The topological polar surface area (TPSA) is 146 Å². The number of hydrogen-bond acceptors (Lipinski definition) is 8. The number of imidazole rings is 1. The van der Waals surface area contributed by atoms with Crippen LogP contribution in [0.25, 0.3) is 11.2 Å². The molecule has 3 aromatic rings. The average molecular weight is 453 g/mol. The second kappa shape index (κ2) is 9.76. The van der Waals surface area contributed by atoms with Gasteiger partial charge in [-0.1, -0.05) is 18.7 Å². The van der Waals surface area contributed by atoms with E-state index in [0.717, 1.165) is 17.1 Å². The first-order chi connectivity index (χ1) is 14.2. The summed E-state index contributed by atoms with van der Waals surface area (Å²) < 4.78 is 23.5. The van der Waals surface area contributed by atoms with Crippen LogP contribution >= 0.6 is 19.4 Å². The molecule has 12 heteroatoms. The van der Waals surface area contributed by atoms with E-state index in [-0.39, 0.29) is 5.95 Å². The zero-order chi connectivity index (χ0) is 21.7. The zero-order valence-electron chi connectivity index (χ0n) is 16.6. The van der Waals surface area contributed by atoms with Gasteiger partial charge >= 0.3 is 7.60 Å². The Kier molecular flexibility index (Phi) is 7.32. The minimum Gasteiger partial charge on any atom is -0.494 e. The Balaban J connectivity index is 1.77. The van der Waals surface area contributed by atoms with Crippen LogP contribution < -0.4 is 10.5 Å². The van der Waals surface area contributed by atoms with E-state index < -0.39 is 20.0 Å². The van der Waals surface area contributed by atoms with Gasteiger partial charge in [0.15, 0.2) is 5.65 Å². The molecule has 4 N–H and O–H groups in total. The number of fused-ring (bicyclic) bond motifs is 1. The third-order valence-corrected chi connectivity index (χ3v) is 5.41. The Morgan fingerprint density at radius 3 is 2.67 bits per heavy atom. The van der Waals surface area contributed by atoms with Crippen molar-refractivity contribution < 1.29 is 23.8 Å². The molecule has 2 heterocycles. The molecule has 0 aliphatic rings. The summed E-state index contributed by atoms with van der Waals surface area (Å²) in [5.74, 6) is 0.917. The largest absolute Gasteiger partial charge is 0.494 e. The molecular formula is C18H24N5O5PS. The number of anilines is 1. The fraction of sp³-hybridized carbons (Fsp3) is 0.389. The molecule has 1 aromatic carbocycles. The smallest absolute Gasteiger partial charge is 0.350 e. The Morgan fingerprint density at radius 1 is 1.27 bits per heavy atom. The second-order valence-electron chi connectivity index (χ2n) is 6.65. The van der Waals surface area contributed by atoms with Crippen LogP contribution in [0, 0.1) is 0 Å². The van der Waals surface area contributed by atoms with E-state index in [1.807, 2.05) is 24.3 Å². The van der Waals surface area contributed by atoms with Crippen molar-refractivity contribution in [2.45, 2.75) is 42.8 Å². The molecule has 0 radical (unpaired) electrons. The number of nitrogen functional groups attached to an aromatic ring is 1. The summed E-state index contributed by atoms with van der Waals surface area (Å²) in [6, 6.07) is 7.68. The lowest BCUT2D eigenvalue weighted by molar-refractivity contribution is 0.0764. The van der Waals surface area contributed by atoms with Crippen LogP contribution in [-0.2, 0) is 15.8 Å². The zero-order valence-corrected chi connectivity index (χ0v) is 18.3. The van der Waals surface area contributed by atoms with Gasteiger partial charge < -0.3 is 29.6 Å². The monoisotopic (exact) mass is 453 g/mol. The lowest BCUT2D eigenvalue weighted by Crippen LogP contribution is -2.17. The molecule has 0 amide bonds. The molecule has 0 aliphatic heterocycles. The lowest BCUT2D eigenvalue weighted by atomic mass is 10.3. The van der Waals surface area contributed by atoms with E-state index in [0.29, 0.717) is 29.3 Å². The van der Waals surface area contributed by atoms with E-state index in [9.17, 15) is 4.57 Å². The number of nitrogens with zero attached hydrogens (tertiary/aromatic N) is 4.